The summed E-state index contributed by atoms with van der Waals surface area (Å²) in [5.74, 6) is 1.24. The molecular weight excluding hydrogens is 302 g/mol. The lowest BCUT2D eigenvalue weighted by atomic mass is 9.74. The van der Waals surface area contributed by atoms with Crippen LogP contribution in [0.3, 0.4) is 0 Å². The Labute approximate surface area is 137 Å². The lowest BCUT2D eigenvalue weighted by molar-refractivity contribution is 0.0443. The maximum atomic E-state index is 9.93. The molecule has 1 N–H and O–H groups in total. The van der Waals surface area contributed by atoms with Crippen LogP contribution in [0.25, 0.3) is 0 Å². The SMILES string of the molecule is CSCCCN1CCC(CO)(Cc2ccccc2Cl)CC1. The number of aliphatic hydroxyl groups is 1. The highest BCUT2D eigenvalue weighted by molar-refractivity contribution is 7.98. The molecule has 1 fully saturated rings. The van der Waals surface area contributed by atoms with Gasteiger partial charge >= 0.3 is 0 Å². The van der Waals surface area contributed by atoms with Crippen molar-refractivity contribution in [2.24, 2.45) is 5.41 Å². The first-order valence-electron chi connectivity index (χ1n) is 7.75. The largest absolute Gasteiger partial charge is 0.396 e. The molecule has 4 heteroatoms. The number of nitrogens with zero attached hydrogens (tertiary/aromatic N) is 1. The van der Waals surface area contributed by atoms with Crippen LogP contribution in [0.5, 0.6) is 0 Å². The smallest absolute Gasteiger partial charge is 0.0491 e. The third-order valence-corrected chi connectivity index (χ3v) is 5.66. The van der Waals surface area contributed by atoms with Crippen molar-refractivity contribution >= 4 is 23.4 Å². The monoisotopic (exact) mass is 327 g/mol. The number of thioether (sulfide) groups is 1. The number of hydrogen-bond donors (Lipinski definition) is 1. The van der Waals surface area contributed by atoms with Gasteiger partial charge in [-0.1, -0.05) is 29.8 Å². The lowest BCUT2D eigenvalue weighted by Crippen LogP contribution is -2.43. The highest BCUT2D eigenvalue weighted by atomic mass is 35.5. The van der Waals surface area contributed by atoms with E-state index < -0.39 is 0 Å². The summed E-state index contributed by atoms with van der Waals surface area (Å²) in [5, 5.41) is 10.8. The number of halogens is 1. The zero-order valence-corrected chi connectivity index (χ0v) is 14.4. The van der Waals surface area contributed by atoms with Crippen LogP contribution in [0.1, 0.15) is 24.8 Å². The van der Waals surface area contributed by atoms with Crippen molar-refractivity contribution in [2.45, 2.75) is 25.7 Å². The van der Waals surface area contributed by atoms with Crippen LogP contribution in [0.15, 0.2) is 24.3 Å². The maximum Gasteiger partial charge on any atom is 0.0491 e. The van der Waals surface area contributed by atoms with Gasteiger partial charge in [0.1, 0.15) is 0 Å². The van der Waals surface area contributed by atoms with Crippen LogP contribution >= 0.6 is 23.4 Å². The Morgan fingerprint density at radius 2 is 2.00 bits per heavy atom. The summed E-state index contributed by atoms with van der Waals surface area (Å²) < 4.78 is 0. The number of hydrogen-bond acceptors (Lipinski definition) is 3. The van der Waals surface area contributed by atoms with Gasteiger partial charge in [-0.25, -0.2) is 0 Å². The fourth-order valence-corrected chi connectivity index (χ4v) is 3.74. The molecule has 0 aliphatic carbocycles. The second kappa shape index (κ2) is 8.42. The molecule has 2 rings (SSSR count). The van der Waals surface area contributed by atoms with E-state index >= 15 is 0 Å². The zero-order chi connectivity index (χ0) is 15.1. The second-order valence-corrected chi connectivity index (χ2v) is 7.51. The normalized spacial score (nSPS) is 18.8. The van der Waals surface area contributed by atoms with Crippen LogP contribution in [-0.2, 0) is 6.42 Å². The molecule has 0 radical (unpaired) electrons. The van der Waals surface area contributed by atoms with Gasteiger partial charge in [-0.15, -0.1) is 0 Å². The minimum atomic E-state index is 0.0149. The van der Waals surface area contributed by atoms with Gasteiger partial charge < -0.3 is 10.0 Å². The molecule has 0 saturated carbocycles. The van der Waals surface area contributed by atoms with Gasteiger partial charge in [-0.05, 0) is 74.4 Å². The molecule has 1 heterocycles. The number of aliphatic hydroxyl groups excluding tert-OH is 1. The van der Waals surface area contributed by atoms with Gasteiger partial charge in [0.15, 0.2) is 0 Å². The summed E-state index contributed by atoms with van der Waals surface area (Å²) in [7, 11) is 0. The van der Waals surface area contributed by atoms with E-state index in [1.54, 1.807) is 0 Å². The van der Waals surface area contributed by atoms with Crippen molar-refractivity contribution < 1.29 is 5.11 Å². The molecule has 0 amide bonds. The van der Waals surface area contributed by atoms with E-state index in [1.807, 2.05) is 30.0 Å². The molecule has 118 valence electrons. The minimum absolute atomic E-state index is 0.0149. The molecule has 0 spiro atoms. The number of benzene rings is 1. The summed E-state index contributed by atoms with van der Waals surface area (Å²) in [5.41, 5.74) is 1.19. The molecule has 2 nitrogen and oxygen atoms in total. The molecule has 0 aromatic heterocycles. The van der Waals surface area contributed by atoms with E-state index in [0.29, 0.717) is 0 Å². The molecule has 0 unspecified atom stereocenters. The van der Waals surface area contributed by atoms with Gasteiger partial charge in [-0.3, -0.25) is 0 Å². The molecule has 1 aliphatic heterocycles. The van der Waals surface area contributed by atoms with Gasteiger partial charge in [0.25, 0.3) is 0 Å². The number of rotatable bonds is 7. The topological polar surface area (TPSA) is 23.5 Å². The molecule has 1 aromatic carbocycles. The van der Waals surface area contributed by atoms with Crippen molar-refractivity contribution in [3.05, 3.63) is 34.9 Å². The third kappa shape index (κ3) is 4.88. The molecule has 0 atom stereocenters. The number of piperidine rings is 1. The Bertz CT molecular complexity index is 433. The Morgan fingerprint density at radius 3 is 2.62 bits per heavy atom. The molecule has 1 aliphatic rings. The van der Waals surface area contributed by atoms with Crippen LogP contribution in [-0.4, -0.2) is 48.3 Å². The molecule has 1 aromatic rings. The quantitative estimate of drug-likeness (QED) is 0.772. The Balaban J connectivity index is 1.91. The van der Waals surface area contributed by atoms with Crippen molar-refractivity contribution in [3.63, 3.8) is 0 Å². The average Bonchev–Trinajstić information content (AvgIpc) is 2.52. The standard InChI is InChI=1S/C17H26ClNOS/c1-21-12-4-9-19-10-7-17(14-20,8-11-19)13-15-5-2-3-6-16(15)18/h2-3,5-6,20H,4,7-14H2,1H3. The summed E-state index contributed by atoms with van der Waals surface area (Å²) in [4.78, 5) is 2.54. The molecule has 1 saturated heterocycles. The first-order valence-corrected chi connectivity index (χ1v) is 9.52. The van der Waals surface area contributed by atoms with E-state index in [2.05, 4.69) is 17.2 Å². The maximum absolute atomic E-state index is 9.93. The van der Waals surface area contributed by atoms with Gasteiger partial charge in [-0.2, -0.15) is 11.8 Å². The van der Waals surface area contributed by atoms with Crippen molar-refractivity contribution in [1.82, 2.24) is 4.90 Å². The molecule has 0 bridgehead atoms. The van der Waals surface area contributed by atoms with E-state index in [4.69, 9.17) is 11.6 Å². The lowest BCUT2D eigenvalue weighted by Gasteiger charge is -2.41. The Hall–Kier alpha value is -0.220. The second-order valence-electron chi connectivity index (χ2n) is 6.11. The van der Waals surface area contributed by atoms with Gasteiger partial charge in [0, 0.05) is 11.6 Å². The van der Waals surface area contributed by atoms with E-state index in [1.165, 1.54) is 24.3 Å². The highest BCUT2D eigenvalue weighted by Crippen LogP contribution is 2.36. The van der Waals surface area contributed by atoms with Gasteiger partial charge in [0.2, 0.25) is 0 Å². The summed E-state index contributed by atoms with van der Waals surface area (Å²) in [6, 6.07) is 8.03. The fraction of sp³-hybridized carbons (Fsp3) is 0.647. The third-order valence-electron chi connectivity index (χ3n) is 4.60. The summed E-state index contributed by atoms with van der Waals surface area (Å²) >= 11 is 8.20. The average molecular weight is 328 g/mol. The van der Waals surface area contributed by atoms with E-state index in [0.717, 1.165) is 37.4 Å². The van der Waals surface area contributed by atoms with Crippen LogP contribution in [0, 0.1) is 5.41 Å². The minimum Gasteiger partial charge on any atom is -0.396 e. The molecule has 21 heavy (non-hydrogen) atoms. The van der Waals surface area contributed by atoms with Crippen molar-refractivity contribution in [1.29, 1.82) is 0 Å². The highest BCUT2D eigenvalue weighted by Gasteiger charge is 2.34. The Morgan fingerprint density at radius 1 is 1.29 bits per heavy atom. The first-order chi connectivity index (χ1) is 10.2. The zero-order valence-electron chi connectivity index (χ0n) is 12.9. The summed E-state index contributed by atoms with van der Waals surface area (Å²) in [6.45, 7) is 3.64. The van der Waals surface area contributed by atoms with Crippen molar-refractivity contribution in [3.8, 4) is 0 Å². The van der Waals surface area contributed by atoms with E-state index in [-0.39, 0.29) is 12.0 Å². The summed E-state index contributed by atoms with van der Waals surface area (Å²) in [6.07, 6.45) is 6.44. The van der Waals surface area contributed by atoms with Crippen LogP contribution in [0.2, 0.25) is 5.02 Å². The predicted molar refractivity (Wildman–Crippen MR) is 93.3 cm³/mol. The predicted octanol–water partition coefficient (Wildman–Crippen LogP) is 3.71. The number of likely N-dealkylation sites (tertiary alicyclic amines) is 1. The fourth-order valence-electron chi connectivity index (χ4n) is 3.12. The first kappa shape index (κ1) is 17.1. The van der Waals surface area contributed by atoms with E-state index in [9.17, 15) is 5.11 Å². The van der Waals surface area contributed by atoms with Gasteiger partial charge in [0.05, 0.1) is 0 Å². The van der Waals surface area contributed by atoms with Crippen LogP contribution in [0.4, 0.5) is 0 Å². The van der Waals surface area contributed by atoms with Crippen LogP contribution < -0.4 is 0 Å². The van der Waals surface area contributed by atoms with Crippen molar-refractivity contribution in [2.75, 3.05) is 38.2 Å². The molecular formula is C17H26ClNOS. The Kier molecular flexibility index (Phi) is 6.87.